The molecule has 0 saturated carbocycles. The number of hydrogen-bond acceptors (Lipinski definition) is 3. The third kappa shape index (κ3) is 3.59. The number of rotatable bonds is 3. The molecule has 0 bridgehead atoms. The van der Waals surface area contributed by atoms with Gasteiger partial charge < -0.3 is 4.90 Å². The molecule has 5 nitrogen and oxygen atoms in total. The van der Waals surface area contributed by atoms with E-state index < -0.39 is 16.1 Å². The van der Waals surface area contributed by atoms with E-state index in [0.717, 1.165) is 49.0 Å². The van der Waals surface area contributed by atoms with Gasteiger partial charge >= 0.3 is 0 Å². The standard InChI is InChI=1S/C22H26N2O3S/c1-17-9-11-20(12-10-17)28(26,27)24-16-19-8-4-3-7-18(19)15-21(24)22(25)23-13-5-2-6-14-23/h3-4,7-12,21H,2,5-6,13-16H2,1H3/t21-/m0/s1. The van der Waals surface area contributed by atoms with Gasteiger partial charge in [0.2, 0.25) is 15.9 Å². The minimum absolute atomic E-state index is 0.0649. The van der Waals surface area contributed by atoms with Crippen molar-refractivity contribution in [1.29, 1.82) is 0 Å². The lowest BCUT2D eigenvalue weighted by Gasteiger charge is -2.38. The van der Waals surface area contributed by atoms with Crippen LogP contribution in [0.5, 0.6) is 0 Å². The minimum atomic E-state index is -3.77. The van der Waals surface area contributed by atoms with Crippen molar-refractivity contribution >= 4 is 15.9 Å². The zero-order valence-corrected chi connectivity index (χ0v) is 17.0. The average molecular weight is 399 g/mol. The fraction of sp³-hybridized carbons (Fsp3) is 0.409. The molecule has 148 valence electrons. The van der Waals surface area contributed by atoms with Gasteiger partial charge in [-0.05, 0) is 55.9 Å². The molecule has 2 aromatic rings. The number of aryl methyl sites for hydroxylation is 1. The van der Waals surface area contributed by atoms with Crippen LogP contribution in [-0.4, -0.2) is 42.7 Å². The van der Waals surface area contributed by atoms with E-state index in [1.807, 2.05) is 36.1 Å². The van der Waals surface area contributed by atoms with Crippen LogP contribution in [0.2, 0.25) is 0 Å². The fourth-order valence-corrected chi connectivity index (χ4v) is 5.69. The van der Waals surface area contributed by atoms with Crippen molar-refractivity contribution < 1.29 is 13.2 Å². The maximum atomic E-state index is 13.5. The molecule has 0 spiro atoms. The number of carbonyl (C=O) groups is 1. The predicted molar refractivity (Wildman–Crippen MR) is 108 cm³/mol. The van der Waals surface area contributed by atoms with Crippen molar-refractivity contribution in [2.24, 2.45) is 0 Å². The van der Waals surface area contributed by atoms with Crippen LogP contribution in [0.15, 0.2) is 53.4 Å². The third-order valence-electron chi connectivity index (χ3n) is 5.79. The van der Waals surface area contributed by atoms with E-state index in [0.29, 0.717) is 6.42 Å². The molecule has 6 heteroatoms. The quantitative estimate of drug-likeness (QED) is 0.798. The summed E-state index contributed by atoms with van der Waals surface area (Å²) in [6.45, 7) is 3.59. The second-order valence-electron chi connectivity index (χ2n) is 7.74. The Balaban J connectivity index is 1.72. The molecule has 2 aromatic carbocycles. The second-order valence-corrected chi connectivity index (χ2v) is 9.63. The topological polar surface area (TPSA) is 57.7 Å². The number of benzene rings is 2. The molecular weight excluding hydrogens is 372 g/mol. The van der Waals surface area contributed by atoms with E-state index >= 15 is 0 Å². The molecule has 1 amide bonds. The van der Waals surface area contributed by atoms with E-state index in [2.05, 4.69) is 0 Å². The van der Waals surface area contributed by atoms with Crippen LogP contribution in [-0.2, 0) is 27.8 Å². The van der Waals surface area contributed by atoms with Gasteiger partial charge in [0, 0.05) is 19.6 Å². The van der Waals surface area contributed by atoms with Gasteiger partial charge in [-0.15, -0.1) is 0 Å². The highest BCUT2D eigenvalue weighted by Crippen LogP contribution is 2.30. The number of hydrogen-bond donors (Lipinski definition) is 0. The zero-order valence-electron chi connectivity index (χ0n) is 16.2. The molecule has 0 aromatic heterocycles. The minimum Gasteiger partial charge on any atom is -0.341 e. The molecule has 0 unspecified atom stereocenters. The van der Waals surface area contributed by atoms with Crippen LogP contribution < -0.4 is 0 Å². The second kappa shape index (κ2) is 7.68. The molecule has 28 heavy (non-hydrogen) atoms. The average Bonchev–Trinajstić information content (AvgIpc) is 2.73. The molecular formula is C22H26N2O3S. The van der Waals surface area contributed by atoms with Gasteiger partial charge in [-0.25, -0.2) is 8.42 Å². The van der Waals surface area contributed by atoms with Gasteiger partial charge in [0.05, 0.1) is 4.90 Å². The summed E-state index contributed by atoms with van der Waals surface area (Å²) in [6.07, 6.45) is 3.53. The Hall–Kier alpha value is -2.18. The Morgan fingerprint density at radius 3 is 2.25 bits per heavy atom. The summed E-state index contributed by atoms with van der Waals surface area (Å²) < 4.78 is 28.3. The zero-order chi connectivity index (χ0) is 19.7. The fourth-order valence-electron chi connectivity index (χ4n) is 4.13. The molecule has 1 saturated heterocycles. The van der Waals surface area contributed by atoms with E-state index in [1.165, 1.54) is 4.31 Å². The molecule has 0 aliphatic carbocycles. The van der Waals surface area contributed by atoms with Crippen LogP contribution in [0.4, 0.5) is 0 Å². The normalized spacial score (nSPS) is 20.6. The molecule has 2 heterocycles. The van der Waals surface area contributed by atoms with Gasteiger partial charge in [-0.3, -0.25) is 4.79 Å². The van der Waals surface area contributed by atoms with Crippen molar-refractivity contribution in [1.82, 2.24) is 9.21 Å². The lowest BCUT2D eigenvalue weighted by atomic mass is 9.94. The number of carbonyl (C=O) groups excluding carboxylic acids is 1. The monoisotopic (exact) mass is 398 g/mol. The van der Waals surface area contributed by atoms with Crippen LogP contribution >= 0.6 is 0 Å². The molecule has 2 aliphatic heterocycles. The number of fused-ring (bicyclic) bond motifs is 1. The van der Waals surface area contributed by atoms with Crippen molar-refractivity contribution in [2.75, 3.05) is 13.1 Å². The van der Waals surface area contributed by atoms with Gasteiger partial charge in [0.1, 0.15) is 6.04 Å². The number of likely N-dealkylation sites (tertiary alicyclic amines) is 1. The molecule has 2 aliphatic rings. The molecule has 1 fully saturated rings. The predicted octanol–water partition coefficient (Wildman–Crippen LogP) is 3.12. The van der Waals surface area contributed by atoms with Crippen molar-refractivity contribution in [3.63, 3.8) is 0 Å². The largest absolute Gasteiger partial charge is 0.341 e. The summed E-state index contributed by atoms with van der Waals surface area (Å²) in [4.78, 5) is 15.4. The number of amides is 1. The lowest BCUT2D eigenvalue weighted by molar-refractivity contribution is -0.136. The Morgan fingerprint density at radius 2 is 1.57 bits per heavy atom. The van der Waals surface area contributed by atoms with Crippen LogP contribution in [0.3, 0.4) is 0 Å². The Bertz CT molecular complexity index is 964. The lowest BCUT2D eigenvalue weighted by Crippen LogP contribution is -2.54. The van der Waals surface area contributed by atoms with E-state index in [1.54, 1.807) is 24.3 Å². The van der Waals surface area contributed by atoms with Crippen LogP contribution in [0, 0.1) is 6.92 Å². The Morgan fingerprint density at radius 1 is 0.929 bits per heavy atom. The van der Waals surface area contributed by atoms with Gasteiger partial charge in [0.15, 0.2) is 0 Å². The van der Waals surface area contributed by atoms with Gasteiger partial charge in [-0.1, -0.05) is 42.0 Å². The Labute approximate surface area is 167 Å². The molecule has 1 atom stereocenters. The van der Waals surface area contributed by atoms with Crippen LogP contribution in [0.25, 0.3) is 0 Å². The molecule has 0 radical (unpaired) electrons. The van der Waals surface area contributed by atoms with Crippen molar-refractivity contribution in [2.45, 2.75) is 50.1 Å². The van der Waals surface area contributed by atoms with Gasteiger partial charge in [-0.2, -0.15) is 4.31 Å². The first-order chi connectivity index (χ1) is 13.5. The SMILES string of the molecule is Cc1ccc(S(=O)(=O)N2Cc3ccccc3C[C@H]2C(=O)N2CCCCC2)cc1. The van der Waals surface area contributed by atoms with Gasteiger partial charge in [0.25, 0.3) is 0 Å². The van der Waals surface area contributed by atoms with Crippen LogP contribution in [0.1, 0.15) is 36.0 Å². The number of piperidine rings is 1. The van der Waals surface area contributed by atoms with E-state index in [-0.39, 0.29) is 17.3 Å². The van der Waals surface area contributed by atoms with E-state index in [9.17, 15) is 13.2 Å². The summed E-state index contributed by atoms with van der Waals surface area (Å²) >= 11 is 0. The third-order valence-corrected chi connectivity index (χ3v) is 7.65. The smallest absolute Gasteiger partial charge is 0.244 e. The number of sulfonamides is 1. The maximum absolute atomic E-state index is 13.5. The summed E-state index contributed by atoms with van der Waals surface area (Å²) in [6, 6.07) is 14.0. The first-order valence-corrected chi connectivity index (χ1v) is 11.3. The molecule has 0 N–H and O–H groups in total. The highest BCUT2D eigenvalue weighted by atomic mass is 32.2. The van der Waals surface area contributed by atoms with Crippen molar-refractivity contribution in [3.8, 4) is 0 Å². The maximum Gasteiger partial charge on any atom is 0.244 e. The highest BCUT2D eigenvalue weighted by Gasteiger charge is 2.41. The Kier molecular flexibility index (Phi) is 5.25. The van der Waals surface area contributed by atoms with Crippen molar-refractivity contribution in [3.05, 3.63) is 65.2 Å². The summed E-state index contributed by atoms with van der Waals surface area (Å²) in [5.74, 6) is -0.0649. The number of nitrogens with zero attached hydrogens (tertiary/aromatic N) is 2. The summed E-state index contributed by atoms with van der Waals surface area (Å²) in [7, 11) is -3.77. The molecule has 4 rings (SSSR count). The van der Waals surface area contributed by atoms with E-state index in [4.69, 9.17) is 0 Å². The first kappa shape index (κ1) is 19.2. The highest BCUT2D eigenvalue weighted by molar-refractivity contribution is 7.89. The summed E-state index contributed by atoms with van der Waals surface area (Å²) in [5.41, 5.74) is 3.04. The summed E-state index contributed by atoms with van der Waals surface area (Å²) in [5, 5.41) is 0. The first-order valence-electron chi connectivity index (χ1n) is 9.91.